The molecule has 3 aromatic carbocycles. The maximum Gasteiger partial charge on any atom is 0.364 e. The van der Waals surface area contributed by atoms with E-state index in [-0.39, 0.29) is 23.2 Å². The number of benzene rings is 3. The van der Waals surface area contributed by atoms with Crippen LogP contribution < -0.4 is 15.6 Å². The number of esters is 1. The zero-order chi connectivity index (χ0) is 22.7. The van der Waals surface area contributed by atoms with Crippen molar-refractivity contribution in [2.24, 2.45) is 0 Å². The third kappa shape index (κ3) is 4.27. The van der Waals surface area contributed by atoms with Crippen molar-refractivity contribution in [3.05, 3.63) is 100 Å². The van der Waals surface area contributed by atoms with Gasteiger partial charge in [-0.1, -0.05) is 36.4 Å². The fourth-order valence-corrected chi connectivity index (χ4v) is 3.26. The second kappa shape index (κ2) is 8.85. The molecule has 32 heavy (non-hydrogen) atoms. The lowest BCUT2D eigenvalue weighted by Crippen LogP contribution is -2.28. The quantitative estimate of drug-likeness (QED) is 0.375. The maximum atomic E-state index is 12.9. The predicted molar refractivity (Wildman–Crippen MR) is 122 cm³/mol. The van der Waals surface area contributed by atoms with Crippen molar-refractivity contribution >= 4 is 28.3 Å². The Morgan fingerprint density at radius 1 is 0.875 bits per heavy atom. The zero-order valence-electron chi connectivity index (χ0n) is 17.6. The van der Waals surface area contributed by atoms with Gasteiger partial charge >= 0.3 is 5.97 Å². The minimum atomic E-state index is -0.670. The van der Waals surface area contributed by atoms with E-state index in [1.54, 1.807) is 72.8 Å². The number of hydrogen-bond acceptors (Lipinski definition) is 5. The molecule has 1 heterocycles. The molecule has 0 fully saturated rings. The first kappa shape index (κ1) is 21.0. The molecule has 0 radical (unpaired) electrons. The number of nitrogens with zero attached hydrogens (tertiary/aromatic N) is 2. The Bertz CT molecular complexity index is 1340. The van der Waals surface area contributed by atoms with Crippen LogP contribution in [0.1, 0.15) is 40.7 Å². The van der Waals surface area contributed by atoms with Gasteiger partial charge in [0.25, 0.3) is 11.5 Å². The highest BCUT2D eigenvalue weighted by molar-refractivity contribution is 6.04. The van der Waals surface area contributed by atoms with E-state index < -0.39 is 5.97 Å². The monoisotopic (exact) mass is 427 g/mol. The zero-order valence-corrected chi connectivity index (χ0v) is 17.6. The fourth-order valence-electron chi connectivity index (χ4n) is 3.26. The molecular weight excluding hydrogens is 406 g/mol. The summed E-state index contributed by atoms with van der Waals surface area (Å²) in [6.45, 7) is 3.64. The summed E-state index contributed by atoms with van der Waals surface area (Å²) in [5, 5.41) is 7.89. The lowest BCUT2D eigenvalue weighted by Gasteiger charge is -2.13. The number of carbonyl (C=O) groups excluding carboxylic acids is 2. The van der Waals surface area contributed by atoms with Gasteiger partial charge in [-0.3, -0.25) is 9.59 Å². The first-order valence-electron chi connectivity index (χ1n) is 10.1. The molecule has 160 valence electrons. The van der Waals surface area contributed by atoms with Gasteiger partial charge < -0.3 is 10.1 Å². The van der Waals surface area contributed by atoms with Crippen LogP contribution in [-0.2, 0) is 0 Å². The van der Waals surface area contributed by atoms with Crippen LogP contribution in [0, 0.1) is 0 Å². The molecule has 7 heteroatoms. The minimum absolute atomic E-state index is 0.0651. The Labute approximate surface area is 184 Å². The molecule has 0 aliphatic heterocycles. The van der Waals surface area contributed by atoms with E-state index >= 15 is 0 Å². The third-order valence-corrected chi connectivity index (χ3v) is 4.87. The van der Waals surface area contributed by atoms with Crippen LogP contribution in [0.4, 0.5) is 5.69 Å². The molecule has 0 aliphatic carbocycles. The van der Waals surface area contributed by atoms with Gasteiger partial charge in [0.05, 0.1) is 11.4 Å². The minimum Gasteiger partial charge on any atom is -0.422 e. The van der Waals surface area contributed by atoms with E-state index in [1.165, 1.54) is 4.68 Å². The highest BCUT2D eigenvalue weighted by Crippen LogP contribution is 2.20. The van der Waals surface area contributed by atoms with E-state index in [0.29, 0.717) is 27.8 Å². The number of amides is 1. The third-order valence-electron chi connectivity index (χ3n) is 4.87. The summed E-state index contributed by atoms with van der Waals surface area (Å²) in [4.78, 5) is 37.8. The Morgan fingerprint density at radius 2 is 1.50 bits per heavy atom. The largest absolute Gasteiger partial charge is 0.422 e. The van der Waals surface area contributed by atoms with Crippen LogP contribution in [0.25, 0.3) is 10.8 Å². The van der Waals surface area contributed by atoms with Crippen LogP contribution in [0.5, 0.6) is 5.75 Å². The van der Waals surface area contributed by atoms with Crippen LogP contribution in [-0.4, -0.2) is 21.7 Å². The molecule has 1 amide bonds. The molecule has 0 atom stereocenters. The molecule has 0 unspecified atom stereocenters. The van der Waals surface area contributed by atoms with Gasteiger partial charge in [0.1, 0.15) is 5.75 Å². The van der Waals surface area contributed by atoms with Crippen molar-refractivity contribution in [1.29, 1.82) is 0 Å². The summed E-state index contributed by atoms with van der Waals surface area (Å²) in [5.41, 5.74) is 0.915. The van der Waals surface area contributed by atoms with Gasteiger partial charge in [0.15, 0.2) is 5.69 Å². The van der Waals surface area contributed by atoms with Gasteiger partial charge in [0, 0.05) is 16.6 Å². The van der Waals surface area contributed by atoms with Crippen LogP contribution >= 0.6 is 0 Å². The Morgan fingerprint density at radius 3 is 2.16 bits per heavy atom. The molecule has 1 aromatic heterocycles. The van der Waals surface area contributed by atoms with E-state index in [1.807, 2.05) is 19.9 Å². The average Bonchev–Trinajstić information content (AvgIpc) is 2.81. The van der Waals surface area contributed by atoms with Crippen molar-refractivity contribution in [3.63, 3.8) is 0 Å². The van der Waals surface area contributed by atoms with Crippen molar-refractivity contribution in [2.45, 2.75) is 19.9 Å². The molecule has 0 saturated carbocycles. The standard InChI is InChI=1S/C25H21N3O4/c1-16(2)28-24(30)21-11-7-6-10-20(21)22(27-28)25(31)32-19-14-12-18(13-15-19)26-23(29)17-8-4-3-5-9-17/h3-16H,1-2H3,(H,26,29). The number of carbonyl (C=O) groups is 2. The number of hydrogen-bond donors (Lipinski definition) is 1. The smallest absolute Gasteiger partial charge is 0.364 e. The van der Waals surface area contributed by atoms with E-state index in [9.17, 15) is 14.4 Å². The topological polar surface area (TPSA) is 90.3 Å². The molecule has 7 nitrogen and oxygen atoms in total. The maximum absolute atomic E-state index is 12.9. The van der Waals surface area contributed by atoms with Gasteiger partial charge in [-0.15, -0.1) is 0 Å². The lowest BCUT2D eigenvalue weighted by atomic mass is 10.1. The van der Waals surface area contributed by atoms with Crippen molar-refractivity contribution in [2.75, 3.05) is 5.32 Å². The van der Waals surface area contributed by atoms with Crippen molar-refractivity contribution in [1.82, 2.24) is 9.78 Å². The number of nitrogens with one attached hydrogen (secondary N) is 1. The van der Waals surface area contributed by atoms with E-state index in [4.69, 9.17) is 4.74 Å². The fraction of sp³-hybridized carbons (Fsp3) is 0.120. The van der Waals surface area contributed by atoms with E-state index in [2.05, 4.69) is 10.4 Å². The second-order valence-corrected chi connectivity index (χ2v) is 7.47. The first-order valence-corrected chi connectivity index (χ1v) is 10.1. The van der Waals surface area contributed by atoms with E-state index in [0.717, 1.165) is 0 Å². The van der Waals surface area contributed by atoms with Crippen LogP contribution in [0.2, 0.25) is 0 Å². The number of ether oxygens (including phenoxy) is 1. The number of anilines is 1. The molecule has 0 saturated heterocycles. The Balaban J connectivity index is 1.56. The summed E-state index contributed by atoms with van der Waals surface area (Å²) in [7, 11) is 0. The van der Waals surface area contributed by atoms with Crippen LogP contribution in [0.3, 0.4) is 0 Å². The average molecular weight is 427 g/mol. The molecular formula is C25H21N3O4. The summed E-state index contributed by atoms with van der Waals surface area (Å²) in [5.74, 6) is -0.612. The molecule has 1 N–H and O–H groups in total. The second-order valence-electron chi connectivity index (χ2n) is 7.47. The summed E-state index contributed by atoms with van der Waals surface area (Å²) in [6, 6.07) is 21.9. The number of fused-ring (bicyclic) bond motifs is 1. The number of aromatic nitrogens is 2. The predicted octanol–water partition coefficient (Wildman–Crippen LogP) is 4.45. The molecule has 0 bridgehead atoms. The normalized spacial score (nSPS) is 10.8. The molecule has 0 aliphatic rings. The number of rotatable bonds is 5. The van der Waals surface area contributed by atoms with Crippen molar-refractivity contribution in [3.8, 4) is 5.75 Å². The highest BCUT2D eigenvalue weighted by Gasteiger charge is 2.19. The highest BCUT2D eigenvalue weighted by atomic mass is 16.5. The van der Waals surface area contributed by atoms with Crippen LogP contribution in [0.15, 0.2) is 83.7 Å². The first-order chi connectivity index (χ1) is 15.4. The lowest BCUT2D eigenvalue weighted by molar-refractivity contribution is 0.0727. The van der Waals surface area contributed by atoms with Gasteiger partial charge in [0.2, 0.25) is 0 Å². The molecule has 4 aromatic rings. The molecule has 4 rings (SSSR count). The summed E-state index contributed by atoms with van der Waals surface area (Å²) >= 11 is 0. The summed E-state index contributed by atoms with van der Waals surface area (Å²) < 4.78 is 6.78. The van der Waals surface area contributed by atoms with Gasteiger partial charge in [-0.2, -0.15) is 5.10 Å². The van der Waals surface area contributed by atoms with Gasteiger partial charge in [-0.05, 0) is 56.3 Å². The van der Waals surface area contributed by atoms with Crippen molar-refractivity contribution < 1.29 is 14.3 Å². The summed E-state index contributed by atoms with van der Waals surface area (Å²) in [6.07, 6.45) is 0. The molecule has 0 spiro atoms. The Kier molecular flexibility index (Phi) is 5.81. The Hall–Kier alpha value is -4.26. The van der Waals surface area contributed by atoms with Gasteiger partial charge in [-0.25, -0.2) is 9.48 Å². The SMILES string of the molecule is CC(C)n1nc(C(=O)Oc2ccc(NC(=O)c3ccccc3)cc2)c2ccccc2c1=O.